The van der Waals surface area contributed by atoms with Crippen LogP contribution < -0.4 is 4.74 Å². The molecule has 0 aliphatic carbocycles. The Bertz CT molecular complexity index is 573. The number of hydrogen-bond donors (Lipinski definition) is 1. The summed E-state index contributed by atoms with van der Waals surface area (Å²) in [5, 5.41) is 9.93. The fraction of sp³-hybridized carbons (Fsp3) is 0.0769. The summed E-state index contributed by atoms with van der Waals surface area (Å²) in [4.78, 5) is 0. The molecule has 0 saturated carbocycles. The molecule has 94 valence electrons. The first-order valence-corrected chi connectivity index (χ1v) is 6.67. The van der Waals surface area contributed by atoms with E-state index in [4.69, 9.17) is 33.0 Å². The van der Waals surface area contributed by atoms with Gasteiger partial charge in [-0.15, -0.1) is 0 Å². The number of halogens is 3. The fourth-order valence-electron chi connectivity index (χ4n) is 1.40. The average Bonchev–Trinajstić information content (AvgIpc) is 2.36. The van der Waals surface area contributed by atoms with Crippen LogP contribution in [0, 0.1) is 0 Å². The quantitative estimate of drug-likeness (QED) is 0.842. The standard InChI is InChI=1S/C13H9BrCl2O2/c14-9-2-3-10(15)13(6-9)18-12-4-1-8(7-17)5-11(12)16/h1-6,17H,7H2. The van der Waals surface area contributed by atoms with Crippen molar-refractivity contribution >= 4 is 39.1 Å². The second-order valence-electron chi connectivity index (χ2n) is 3.60. The van der Waals surface area contributed by atoms with Gasteiger partial charge in [-0.2, -0.15) is 0 Å². The molecular formula is C13H9BrCl2O2. The SMILES string of the molecule is OCc1ccc(Oc2cc(Br)ccc2Cl)c(Cl)c1. The van der Waals surface area contributed by atoms with Crippen LogP contribution in [0.2, 0.25) is 10.0 Å². The third kappa shape index (κ3) is 3.18. The van der Waals surface area contributed by atoms with Gasteiger partial charge in [-0.25, -0.2) is 0 Å². The van der Waals surface area contributed by atoms with Gasteiger partial charge in [0.1, 0.15) is 11.5 Å². The van der Waals surface area contributed by atoms with E-state index in [9.17, 15) is 0 Å². The van der Waals surface area contributed by atoms with Crippen molar-refractivity contribution in [2.45, 2.75) is 6.61 Å². The monoisotopic (exact) mass is 346 g/mol. The number of hydrogen-bond acceptors (Lipinski definition) is 2. The summed E-state index contributed by atoms with van der Waals surface area (Å²) < 4.78 is 6.51. The van der Waals surface area contributed by atoms with Gasteiger partial charge in [-0.1, -0.05) is 45.2 Å². The molecular weight excluding hydrogens is 339 g/mol. The maximum Gasteiger partial charge on any atom is 0.147 e. The van der Waals surface area contributed by atoms with E-state index in [1.807, 2.05) is 6.07 Å². The summed E-state index contributed by atoms with van der Waals surface area (Å²) in [7, 11) is 0. The summed E-state index contributed by atoms with van der Waals surface area (Å²) in [6.45, 7) is -0.0579. The molecule has 1 N–H and O–H groups in total. The van der Waals surface area contributed by atoms with Crippen molar-refractivity contribution in [3.8, 4) is 11.5 Å². The second kappa shape index (κ2) is 5.93. The lowest BCUT2D eigenvalue weighted by molar-refractivity contribution is 0.281. The Hall–Kier alpha value is -0.740. The predicted octanol–water partition coefficient (Wildman–Crippen LogP) is 5.04. The highest BCUT2D eigenvalue weighted by Gasteiger charge is 2.08. The zero-order chi connectivity index (χ0) is 13.1. The van der Waals surface area contributed by atoms with E-state index in [-0.39, 0.29) is 6.61 Å². The average molecular weight is 348 g/mol. The van der Waals surface area contributed by atoms with Crippen molar-refractivity contribution in [2.24, 2.45) is 0 Å². The summed E-state index contributed by atoms with van der Waals surface area (Å²) in [5.74, 6) is 1.01. The Morgan fingerprint density at radius 3 is 2.44 bits per heavy atom. The molecule has 5 heteroatoms. The first-order valence-electron chi connectivity index (χ1n) is 5.12. The van der Waals surface area contributed by atoms with Gasteiger partial charge in [0.2, 0.25) is 0 Å². The van der Waals surface area contributed by atoms with Gasteiger partial charge in [-0.3, -0.25) is 0 Å². The van der Waals surface area contributed by atoms with E-state index >= 15 is 0 Å². The first kappa shape index (κ1) is 13.7. The Balaban J connectivity index is 2.31. The minimum Gasteiger partial charge on any atom is -0.454 e. The van der Waals surface area contributed by atoms with E-state index in [2.05, 4.69) is 15.9 Å². The summed E-state index contributed by atoms with van der Waals surface area (Å²) in [6.07, 6.45) is 0. The minimum absolute atomic E-state index is 0.0579. The van der Waals surface area contributed by atoms with Gasteiger partial charge in [0.05, 0.1) is 16.7 Å². The molecule has 0 saturated heterocycles. The van der Waals surface area contributed by atoms with Crippen molar-refractivity contribution < 1.29 is 9.84 Å². The zero-order valence-electron chi connectivity index (χ0n) is 9.16. The van der Waals surface area contributed by atoms with Gasteiger partial charge in [0, 0.05) is 4.47 Å². The van der Waals surface area contributed by atoms with E-state index in [0.717, 1.165) is 10.0 Å². The van der Waals surface area contributed by atoms with E-state index in [0.29, 0.717) is 21.5 Å². The van der Waals surface area contributed by atoms with Crippen LogP contribution in [0.1, 0.15) is 5.56 Å². The van der Waals surface area contributed by atoms with Crippen molar-refractivity contribution in [3.05, 3.63) is 56.5 Å². The third-order valence-corrected chi connectivity index (χ3v) is 3.39. The van der Waals surface area contributed by atoms with Gasteiger partial charge < -0.3 is 9.84 Å². The van der Waals surface area contributed by atoms with Crippen LogP contribution in [0.25, 0.3) is 0 Å². The van der Waals surface area contributed by atoms with Crippen molar-refractivity contribution in [1.29, 1.82) is 0 Å². The van der Waals surface area contributed by atoms with Crippen LogP contribution in [0.15, 0.2) is 40.9 Å². The van der Waals surface area contributed by atoms with Crippen LogP contribution in [0.5, 0.6) is 11.5 Å². The minimum atomic E-state index is -0.0579. The molecule has 2 rings (SSSR count). The molecule has 2 nitrogen and oxygen atoms in total. The highest BCUT2D eigenvalue weighted by Crippen LogP contribution is 2.35. The van der Waals surface area contributed by atoms with Crippen LogP contribution in [-0.2, 0) is 6.61 Å². The Kier molecular flexibility index (Phi) is 4.51. The van der Waals surface area contributed by atoms with Crippen molar-refractivity contribution in [1.82, 2.24) is 0 Å². The van der Waals surface area contributed by atoms with E-state index in [1.165, 1.54) is 0 Å². The van der Waals surface area contributed by atoms with Crippen LogP contribution in [0.3, 0.4) is 0 Å². The highest BCUT2D eigenvalue weighted by atomic mass is 79.9. The lowest BCUT2D eigenvalue weighted by atomic mass is 10.2. The summed E-state index contributed by atoms with van der Waals surface area (Å²) >= 11 is 15.4. The van der Waals surface area contributed by atoms with E-state index < -0.39 is 0 Å². The lowest BCUT2D eigenvalue weighted by Gasteiger charge is -2.10. The first-order chi connectivity index (χ1) is 8.60. The number of aliphatic hydroxyl groups excluding tert-OH is 1. The highest BCUT2D eigenvalue weighted by molar-refractivity contribution is 9.10. The maximum absolute atomic E-state index is 9.00. The normalized spacial score (nSPS) is 10.4. The number of rotatable bonds is 3. The largest absolute Gasteiger partial charge is 0.454 e. The molecule has 2 aromatic carbocycles. The summed E-state index contributed by atoms with van der Waals surface area (Å²) in [5.41, 5.74) is 0.729. The molecule has 2 aromatic rings. The fourth-order valence-corrected chi connectivity index (χ4v) is 2.14. The van der Waals surface area contributed by atoms with Crippen LogP contribution in [-0.4, -0.2) is 5.11 Å². The van der Waals surface area contributed by atoms with E-state index in [1.54, 1.807) is 30.3 Å². The molecule has 0 aliphatic rings. The number of aliphatic hydroxyl groups is 1. The molecule has 0 heterocycles. The van der Waals surface area contributed by atoms with Crippen molar-refractivity contribution in [2.75, 3.05) is 0 Å². The number of benzene rings is 2. The molecule has 0 unspecified atom stereocenters. The molecule has 0 aromatic heterocycles. The molecule has 0 radical (unpaired) electrons. The Morgan fingerprint density at radius 1 is 1.00 bits per heavy atom. The molecule has 18 heavy (non-hydrogen) atoms. The maximum atomic E-state index is 9.00. The van der Waals surface area contributed by atoms with Gasteiger partial charge in [-0.05, 0) is 35.9 Å². The predicted molar refractivity (Wildman–Crippen MR) is 76.6 cm³/mol. The second-order valence-corrected chi connectivity index (χ2v) is 5.33. The number of ether oxygens (including phenoxy) is 1. The molecule has 0 fully saturated rings. The van der Waals surface area contributed by atoms with Gasteiger partial charge >= 0.3 is 0 Å². The smallest absolute Gasteiger partial charge is 0.147 e. The van der Waals surface area contributed by atoms with Crippen LogP contribution >= 0.6 is 39.1 Å². The van der Waals surface area contributed by atoms with Crippen LogP contribution in [0.4, 0.5) is 0 Å². The molecule has 0 bridgehead atoms. The molecule has 0 amide bonds. The summed E-state index contributed by atoms with van der Waals surface area (Å²) in [6, 6.07) is 10.4. The zero-order valence-corrected chi connectivity index (χ0v) is 12.3. The van der Waals surface area contributed by atoms with Gasteiger partial charge in [0.25, 0.3) is 0 Å². The molecule has 0 atom stereocenters. The van der Waals surface area contributed by atoms with Gasteiger partial charge in [0.15, 0.2) is 0 Å². The third-order valence-electron chi connectivity index (χ3n) is 2.29. The topological polar surface area (TPSA) is 29.5 Å². The van der Waals surface area contributed by atoms with Crippen molar-refractivity contribution in [3.63, 3.8) is 0 Å². The molecule has 0 spiro atoms. The Morgan fingerprint density at radius 2 is 1.78 bits per heavy atom. The lowest BCUT2D eigenvalue weighted by Crippen LogP contribution is -1.89. The molecule has 0 aliphatic heterocycles. The Labute approximate surface area is 123 Å².